The van der Waals surface area contributed by atoms with Crippen LogP contribution in [0, 0.1) is 0 Å². The Morgan fingerprint density at radius 1 is 0.881 bits per heavy atom. The van der Waals surface area contributed by atoms with E-state index in [-0.39, 0.29) is 37.4 Å². The smallest absolute Gasteiger partial charge is 0.265 e. The zero-order valence-corrected chi connectivity index (χ0v) is 25.2. The fraction of sp³-hybridized carbons (Fsp3) is 0.273. The standard InChI is InChI=1S/C33H34ClN3O4S/c1-23(2)35-33(39)29(21-24-9-4-3-5-10-24)36(22-25-16-18-27(34)19-17-25)31(38)15-8-20-37-28-13-6-11-26-12-7-14-30(32(26)28)42(37,40)41/h3-7,9-14,16-19,23,29H,8,15,20-22H2,1-2H3,(H,35,39). The topological polar surface area (TPSA) is 86.8 Å². The van der Waals surface area contributed by atoms with Crippen molar-refractivity contribution in [3.8, 4) is 0 Å². The number of nitrogens with zero attached hydrogens (tertiary/aromatic N) is 2. The molecule has 1 aliphatic rings. The van der Waals surface area contributed by atoms with Crippen LogP contribution >= 0.6 is 11.6 Å². The van der Waals surface area contributed by atoms with Crippen LogP contribution in [0.1, 0.15) is 37.8 Å². The predicted octanol–water partition coefficient (Wildman–Crippen LogP) is 5.95. The highest BCUT2D eigenvalue weighted by Crippen LogP contribution is 2.42. The summed E-state index contributed by atoms with van der Waals surface area (Å²) in [7, 11) is -3.72. The molecule has 0 saturated heterocycles. The summed E-state index contributed by atoms with van der Waals surface area (Å²) >= 11 is 6.11. The lowest BCUT2D eigenvalue weighted by atomic mass is 10.0. The SMILES string of the molecule is CC(C)NC(=O)C(Cc1ccccc1)N(Cc1ccc(Cl)cc1)C(=O)CCCN1c2cccc3cccc(c23)S1(=O)=O. The zero-order valence-electron chi connectivity index (χ0n) is 23.7. The third-order valence-corrected chi connectivity index (χ3v) is 9.51. The average molecular weight is 604 g/mol. The highest BCUT2D eigenvalue weighted by Gasteiger charge is 2.36. The minimum Gasteiger partial charge on any atom is -0.352 e. The molecule has 0 fully saturated rings. The Kier molecular flexibility index (Phi) is 8.85. The number of sulfonamides is 1. The maximum absolute atomic E-state index is 13.9. The van der Waals surface area contributed by atoms with Gasteiger partial charge in [0.05, 0.1) is 10.6 Å². The van der Waals surface area contributed by atoms with E-state index in [2.05, 4.69) is 5.32 Å². The van der Waals surface area contributed by atoms with Crippen LogP contribution in [-0.2, 0) is 32.6 Å². The molecule has 7 nitrogen and oxygen atoms in total. The van der Waals surface area contributed by atoms with Gasteiger partial charge in [0.15, 0.2) is 0 Å². The van der Waals surface area contributed by atoms with Gasteiger partial charge in [-0.3, -0.25) is 13.9 Å². The van der Waals surface area contributed by atoms with E-state index in [1.54, 1.807) is 35.2 Å². The van der Waals surface area contributed by atoms with E-state index in [9.17, 15) is 18.0 Å². The van der Waals surface area contributed by atoms with Crippen LogP contribution in [0.2, 0.25) is 5.02 Å². The lowest BCUT2D eigenvalue weighted by Gasteiger charge is -2.32. The Morgan fingerprint density at radius 3 is 2.26 bits per heavy atom. The monoisotopic (exact) mass is 603 g/mol. The third-order valence-electron chi connectivity index (χ3n) is 7.40. The molecule has 1 unspecified atom stereocenters. The van der Waals surface area contributed by atoms with Crippen LogP contribution in [0.3, 0.4) is 0 Å². The molecular formula is C33H34ClN3O4S. The molecule has 0 aromatic heterocycles. The fourth-order valence-corrected chi connectivity index (χ4v) is 7.31. The van der Waals surface area contributed by atoms with Crippen LogP contribution in [-0.4, -0.2) is 43.8 Å². The van der Waals surface area contributed by atoms with Crippen LogP contribution in [0.25, 0.3) is 10.8 Å². The number of carbonyl (C=O) groups excluding carboxylic acids is 2. The summed E-state index contributed by atoms with van der Waals surface area (Å²) in [5.74, 6) is -0.461. The highest BCUT2D eigenvalue weighted by atomic mass is 35.5. The Labute approximate surface area is 252 Å². The second-order valence-corrected chi connectivity index (χ2v) is 13.1. The van der Waals surface area contributed by atoms with E-state index >= 15 is 0 Å². The first-order chi connectivity index (χ1) is 20.1. The molecule has 1 N–H and O–H groups in total. The maximum atomic E-state index is 13.9. The summed E-state index contributed by atoms with van der Waals surface area (Å²) in [5, 5.41) is 5.14. The second kappa shape index (κ2) is 12.5. The number of anilines is 1. The molecule has 1 heterocycles. The average Bonchev–Trinajstić information content (AvgIpc) is 3.19. The molecule has 0 saturated carbocycles. The largest absolute Gasteiger partial charge is 0.352 e. The minimum absolute atomic E-state index is 0.0756. The Hall–Kier alpha value is -3.88. The van der Waals surface area contributed by atoms with Crippen molar-refractivity contribution in [1.29, 1.82) is 0 Å². The quantitative estimate of drug-likeness (QED) is 0.230. The summed E-state index contributed by atoms with van der Waals surface area (Å²) < 4.78 is 28.2. The number of nitrogens with one attached hydrogen (secondary N) is 1. The number of hydrogen-bond acceptors (Lipinski definition) is 4. The van der Waals surface area contributed by atoms with Crippen molar-refractivity contribution < 1.29 is 18.0 Å². The van der Waals surface area contributed by atoms with Crippen molar-refractivity contribution in [2.45, 2.75) is 56.6 Å². The Bertz CT molecular complexity index is 1690. The summed E-state index contributed by atoms with van der Waals surface area (Å²) in [4.78, 5) is 29.4. The first-order valence-corrected chi connectivity index (χ1v) is 15.9. The molecule has 218 valence electrons. The van der Waals surface area contributed by atoms with E-state index in [0.29, 0.717) is 33.8 Å². The van der Waals surface area contributed by atoms with Gasteiger partial charge in [0.1, 0.15) is 6.04 Å². The van der Waals surface area contributed by atoms with E-state index < -0.39 is 16.1 Å². The number of benzene rings is 4. The highest BCUT2D eigenvalue weighted by molar-refractivity contribution is 7.93. The van der Waals surface area contributed by atoms with Crippen LogP contribution in [0.15, 0.2) is 95.9 Å². The maximum Gasteiger partial charge on any atom is 0.265 e. The number of amides is 2. The third kappa shape index (κ3) is 6.30. The normalized spacial score (nSPS) is 14.2. The van der Waals surface area contributed by atoms with E-state index in [0.717, 1.165) is 16.5 Å². The minimum atomic E-state index is -3.72. The van der Waals surface area contributed by atoms with E-state index in [4.69, 9.17) is 11.6 Å². The molecule has 5 rings (SSSR count). The number of carbonyl (C=O) groups is 2. The molecule has 4 aromatic rings. The van der Waals surface area contributed by atoms with Crippen molar-refractivity contribution >= 4 is 49.9 Å². The Balaban J connectivity index is 1.39. The first-order valence-electron chi connectivity index (χ1n) is 14.1. The van der Waals surface area contributed by atoms with E-state index in [1.807, 2.05) is 74.5 Å². The summed E-state index contributed by atoms with van der Waals surface area (Å²) in [6, 6.07) is 26.8. The van der Waals surface area contributed by atoms with Gasteiger partial charge >= 0.3 is 0 Å². The molecule has 1 aliphatic heterocycles. The van der Waals surface area contributed by atoms with Crippen LogP contribution < -0.4 is 9.62 Å². The Morgan fingerprint density at radius 2 is 1.57 bits per heavy atom. The zero-order chi connectivity index (χ0) is 29.9. The first kappa shape index (κ1) is 29.6. The number of rotatable bonds is 11. The molecule has 42 heavy (non-hydrogen) atoms. The molecular weight excluding hydrogens is 570 g/mol. The lowest BCUT2D eigenvalue weighted by molar-refractivity contribution is -0.141. The van der Waals surface area contributed by atoms with Gasteiger partial charge in [-0.15, -0.1) is 0 Å². The fourth-order valence-electron chi connectivity index (χ4n) is 5.44. The van der Waals surface area contributed by atoms with Gasteiger partial charge in [-0.1, -0.05) is 78.3 Å². The van der Waals surface area contributed by atoms with Crippen molar-refractivity contribution in [1.82, 2.24) is 10.2 Å². The molecule has 0 radical (unpaired) electrons. The molecule has 4 aromatic carbocycles. The van der Waals surface area contributed by atoms with Gasteiger partial charge in [0.2, 0.25) is 11.8 Å². The van der Waals surface area contributed by atoms with Crippen LogP contribution in [0.5, 0.6) is 0 Å². The van der Waals surface area contributed by atoms with Crippen LogP contribution in [0.4, 0.5) is 5.69 Å². The van der Waals surface area contributed by atoms with Gasteiger partial charge in [-0.05, 0) is 61.0 Å². The van der Waals surface area contributed by atoms with Crippen molar-refractivity contribution in [3.63, 3.8) is 0 Å². The molecule has 2 amide bonds. The van der Waals surface area contributed by atoms with E-state index in [1.165, 1.54) is 4.31 Å². The summed E-state index contributed by atoms with van der Waals surface area (Å²) in [5.41, 5.74) is 2.41. The summed E-state index contributed by atoms with van der Waals surface area (Å²) in [6.07, 6.45) is 0.714. The molecule has 9 heteroatoms. The molecule has 0 spiro atoms. The van der Waals surface area contributed by atoms with Gasteiger partial charge in [0, 0.05) is 42.4 Å². The lowest BCUT2D eigenvalue weighted by Crippen LogP contribution is -2.51. The number of halogens is 1. The van der Waals surface area contributed by atoms with Crippen molar-refractivity contribution in [2.75, 3.05) is 10.8 Å². The van der Waals surface area contributed by atoms with Gasteiger partial charge < -0.3 is 10.2 Å². The predicted molar refractivity (Wildman–Crippen MR) is 167 cm³/mol. The van der Waals surface area contributed by atoms with Gasteiger partial charge in [-0.2, -0.15) is 0 Å². The number of hydrogen-bond donors (Lipinski definition) is 1. The molecule has 1 atom stereocenters. The van der Waals surface area contributed by atoms with Gasteiger partial charge in [0.25, 0.3) is 10.0 Å². The molecule has 0 bridgehead atoms. The summed E-state index contributed by atoms with van der Waals surface area (Å²) in [6.45, 7) is 4.14. The molecule has 0 aliphatic carbocycles. The van der Waals surface area contributed by atoms with Gasteiger partial charge in [-0.25, -0.2) is 8.42 Å². The second-order valence-electron chi connectivity index (χ2n) is 10.8. The van der Waals surface area contributed by atoms with Crippen molar-refractivity contribution in [3.05, 3.63) is 107 Å². The van der Waals surface area contributed by atoms with Crippen molar-refractivity contribution in [2.24, 2.45) is 0 Å².